The molecule has 0 aliphatic carbocycles. The highest BCUT2D eigenvalue weighted by Crippen LogP contribution is 2.27. The van der Waals surface area contributed by atoms with Crippen molar-refractivity contribution in [3.05, 3.63) is 48.5 Å². The minimum absolute atomic E-state index is 0.220. The average molecular weight is 410 g/mol. The van der Waals surface area contributed by atoms with E-state index in [-0.39, 0.29) is 18.0 Å². The Morgan fingerprint density at radius 2 is 1.33 bits per heavy atom. The molecule has 6 nitrogen and oxygen atoms in total. The van der Waals surface area contributed by atoms with Gasteiger partial charge < -0.3 is 4.74 Å². The van der Waals surface area contributed by atoms with Crippen LogP contribution in [0.2, 0.25) is 0 Å². The van der Waals surface area contributed by atoms with Gasteiger partial charge in [-0.25, -0.2) is 16.8 Å². The van der Waals surface area contributed by atoms with Crippen LogP contribution in [0.25, 0.3) is 11.1 Å². The van der Waals surface area contributed by atoms with Gasteiger partial charge in [-0.1, -0.05) is 24.3 Å². The first-order chi connectivity index (χ1) is 12.7. The lowest BCUT2D eigenvalue weighted by molar-refractivity contribution is 0.346. The molecular formula is C19H23NO5S2. The minimum Gasteiger partial charge on any atom is -0.497 e. The highest BCUT2D eigenvalue weighted by atomic mass is 32.2. The van der Waals surface area contributed by atoms with Gasteiger partial charge in [0, 0.05) is 19.3 Å². The van der Waals surface area contributed by atoms with Gasteiger partial charge in [0.25, 0.3) is 0 Å². The number of hydrogen-bond acceptors (Lipinski definition) is 5. The number of methoxy groups -OCH3 is 1. The van der Waals surface area contributed by atoms with E-state index in [1.54, 1.807) is 31.4 Å². The molecule has 1 aliphatic heterocycles. The van der Waals surface area contributed by atoms with E-state index in [9.17, 15) is 16.8 Å². The number of rotatable bonds is 5. The van der Waals surface area contributed by atoms with Crippen molar-refractivity contribution in [2.24, 2.45) is 0 Å². The van der Waals surface area contributed by atoms with Crippen molar-refractivity contribution >= 4 is 19.9 Å². The summed E-state index contributed by atoms with van der Waals surface area (Å²) in [5.74, 6) is 0.760. The van der Waals surface area contributed by atoms with Gasteiger partial charge in [0.1, 0.15) is 15.6 Å². The SMILES string of the molecule is COc1ccc(-c2ccc(S(=O)(=O)N3CCC(S(C)(=O)=O)CC3)cc2)cc1. The van der Waals surface area contributed by atoms with Gasteiger partial charge in [-0.2, -0.15) is 4.31 Å². The van der Waals surface area contributed by atoms with Crippen molar-refractivity contribution < 1.29 is 21.6 Å². The Morgan fingerprint density at radius 1 is 0.852 bits per heavy atom. The molecule has 0 radical (unpaired) electrons. The Bertz CT molecular complexity index is 989. The van der Waals surface area contributed by atoms with Crippen LogP contribution >= 0.6 is 0 Å². The number of nitrogens with zero attached hydrogens (tertiary/aromatic N) is 1. The van der Waals surface area contributed by atoms with Crippen molar-refractivity contribution in [1.82, 2.24) is 4.31 Å². The molecule has 1 saturated heterocycles. The quantitative estimate of drug-likeness (QED) is 0.758. The highest BCUT2D eigenvalue weighted by molar-refractivity contribution is 7.91. The Morgan fingerprint density at radius 3 is 1.78 bits per heavy atom. The van der Waals surface area contributed by atoms with Gasteiger partial charge in [0.2, 0.25) is 10.0 Å². The first kappa shape index (κ1) is 19.9. The van der Waals surface area contributed by atoms with Crippen LogP contribution in [0.4, 0.5) is 0 Å². The predicted molar refractivity (Wildman–Crippen MR) is 105 cm³/mol. The molecule has 3 rings (SSSR count). The zero-order chi connectivity index (χ0) is 19.7. The van der Waals surface area contributed by atoms with Crippen LogP contribution in [0, 0.1) is 0 Å². The zero-order valence-electron chi connectivity index (χ0n) is 15.3. The van der Waals surface area contributed by atoms with E-state index in [0.29, 0.717) is 12.8 Å². The number of sulfone groups is 1. The molecule has 0 aromatic heterocycles. The zero-order valence-corrected chi connectivity index (χ0v) is 17.0. The first-order valence-electron chi connectivity index (χ1n) is 8.65. The van der Waals surface area contributed by atoms with E-state index in [4.69, 9.17) is 4.74 Å². The van der Waals surface area contributed by atoms with Crippen LogP contribution in [0.3, 0.4) is 0 Å². The van der Waals surface area contributed by atoms with Crippen LogP contribution in [-0.4, -0.2) is 52.8 Å². The molecule has 0 atom stereocenters. The lowest BCUT2D eigenvalue weighted by Gasteiger charge is -2.30. The highest BCUT2D eigenvalue weighted by Gasteiger charge is 2.33. The van der Waals surface area contributed by atoms with Gasteiger partial charge in [-0.05, 0) is 48.2 Å². The largest absolute Gasteiger partial charge is 0.497 e. The van der Waals surface area contributed by atoms with Gasteiger partial charge in [-0.15, -0.1) is 0 Å². The van der Waals surface area contributed by atoms with E-state index in [0.717, 1.165) is 16.9 Å². The molecule has 1 fully saturated rings. The first-order valence-corrected chi connectivity index (χ1v) is 12.0. The fourth-order valence-corrected chi connectivity index (χ4v) is 5.79. The van der Waals surface area contributed by atoms with E-state index in [1.165, 1.54) is 10.6 Å². The Kier molecular flexibility index (Phi) is 5.60. The summed E-state index contributed by atoms with van der Waals surface area (Å²) in [4.78, 5) is 0.220. The molecule has 0 N–H and O–H groups in total. The van der Waals surface area contributed by atoms with E-state index < -0.39 is 25.1 Å². The minimum atomic E-state index is -3.62. The molecule has 0 saturated carbocycles. The maximum absolute atomic E-state index is 12.8. The van der Waals surface area contributed by atoms with Crippen molar-refractivity contribution in [3.63, 3.8) is 0 Å². The summed E-state index contributed by atoms with van der Waals surface area (Å²) in [7, 11) is -5.15. The molecule has 2 aromatic rings. The number of sulfonamides is 1. The Labute approximate surface area is 160 Å². The molecule has 0 spiro atoms. The molecule has 2 aromatic carbocycles. The smallest absolute Gasteiger partial charge is 0.243 e. The second-order valence-corrected chi connectivity index (χ2v) is 10.9. The van der Waals surface area contributed by atoms with E-state index in [1.807, 2.05) is 24.3 Å². The molecule has 8 heteroatoms. The lowest BCUT2D eigenvalue weighted by atomic mass is 10.1. The summed E-state index contributed by atoms with van der Waals surface area (Å²) in [5, 5.41) is -0.457. The molecule has 0 bridgehead atoms. The topological polar surface area (TPSA) is 80.8 Å². The summed E-state index contributed by atoms with van der Waals surface area (Å²) in [6.45, 7) is 0.445. The van der Waals surface area contributed by atoms with Crippen LogP contribution in [0.5, 0.6) is 5.75 Å². The van der Waals surface area contributed by atoms with Gasteiger partial charge in [0.15, 0.2) is 0 Å². The van der Waals surface area contributed by atoms with Crippen LogP contribution in [0.1, 0.15) is 12.8 Å². The maximum atomic E-state index is 12.8. The fourth-order valence-electron chi connectivity index (χ4n) is 3.25. The summed E-state index contributed by atoms with van der Waals surface area (Å²) in [6, 6.07) is 14.3. The third-order valence-electron chi connectivity index (χ3n) is 4.92. The molecule has 146 valence electrons. The lowest BCUT2D eigenvalue weighted by Crippen LogP contribution is -2.42. The predicted octanol–water partition coefficient (Wildman–Crippen LogP) is 2.56. The summed E-state index contributed by atoms with van der Waals surface area (Å²) < 4.78 is 55.5. The standard InChI is InChI=1S/C19H23NO5S2/c1-25-17-7-3-15(4-8-17)16-5-9-19(10-6-16)27(23,24)20-13-11-18(12-14-20)26(2,21)22/h3-10,18H,11-14H2,1-2H3. The molecule has 1 heterocycles. The molecule has 27 heavy (non-hydrogen) atoms. The monoisotopic (exact) mass is 409 g/mol. The van der Waals surface area contributed by atoms with Crippen molar-refractivity contribution in [1.29, 1.82) is 0 Å². The van der Waals surface area contributed by atoms with Crippen LogP contribution < -0.4 is 4.74 Å². The maximum Gasteiger partial charge on any atom is 0.243 e. The van der Waals surface area contributed by atoms with Crippen LogP contribution in [0.15, 0.2) is 53.4 Å². The number of benzene rings is 2. The van der Waals surface area contributed by atoms with Crippen molar-refractivity contribution in [3.8, 4) is 16.9 Å². The number of ether oxygens (including phenoxy) is 1. The number of hydrogen-bond donors (Lipinski definition) is 0. The molecular weight excluding hydrogens is 386 g/mol. The molecule has 0 unspecified atom stereocenters. The summed E-state index contributed by atoms with van der Waals surface area (Å²) in [6.07, 6.45) is 1.88. The van der Waals surface area contributed by atoms with Crippen molar-refractivity contribution in [2.75, 3.05) is 26.5 Å². The molecule has 1 aliphatic rings. The normalized spacial score (nSPS) is 17.0. The van der Waals surface area contributed by atoms with E-state index in [2.05, 4.69) is 0 Å². The third kappa shape index (κ3) is 4.34. The van der Waals surface area contributed by atoms with Gasteiger partial charge in [-0.3, -0.25) is 0 Å². The Balaban J connectivity index is 1.76. The van der Waals surface area contributed by atoms with E-state index >= 15 is 0 Å². The Hall–Kier alpha value is -1.90. The van der Waals surface area contributed by atoms with Gasteiger partial charge in [0.05, 0.1) is 17.3 Å². The second-order valence-electron chi connectivity index (χ2n) is 6.69. The average Bonchev–Trinajstić information content (AvgIpc) is 2.67. The third-order valence-corrected chi connectivity index (χ3v) is 8.52. The second kappa shape index (κ2) is 7.61. The number of piperidine rings is 1. The van der Waals surface area contributed by atoms with Gasteiger partial charge >= 0.3 is 0 Å². The summed E-state index contributed by atoms with van der Waals surface area (Å²) in [5.41, 5.74) is 1.88. The van der Waals surface area contributed by atoms with Crippen molar-refractivity contribution in [2.45, 2.75) is 23.0 Å². The molecule has 0 amide bonds. The summed E-state index contributed by atoms with van der Waals surface area (Å²) >= 11 is 0. The fraction of sp³-hybridized carbons (Fsp3) is 0.368. The van der Waals surface area contributed by atoms with Crippen LogP contribution in [-0.2, 0) is 19.9 Å².